The predicted molar refractivity (Wildman–Crippen MR) is 155 cm³/mol. The molecule has 44 heavy (non-hydrogen) atoms. The van der Waals surface area contributed by atoms with Crippen LogP contribution in [0.15, 0.2) is 54.7 Å². The lowest BCUT2D eigenvalue weighted by molar-refractivity contribution is -0.135. The molecule has 1 atom stereocenters. The predicted octanol–water partition coefficient (Wildman–Crippen LogP) is 4.98. The van der Waals surface area contributed by atoms with Crippen molar-refractivity contribution in [2.45, 2.75) is 56.0 Å². The number of aromatic hydroxyl groups is 1. The lowest BCUT2D eigenvalue weighted by Gasteiger charge is -2.42. The van der Waals surface area contributed by atoms with Gasteiger partial charge >= 0.3 is 0 Å². The van der Waals surface area contributed by atoms with Crippen molar-refractivity contribution in [2.24, 2.45) is 0 Å². The molecule has 1 aliphatic heterocycles. The largest absolute Gasteiger partial charge is 0.508 e. The molecular formula is C31H27ClF3N5O4. The van der Waals surface area contributed by atoms with Crippen LogP contribution in [0.3, 0.4) is 0 Å². The van der Waals surface area contributed by atoms with Crippen molar-refractivity contribution in [1.29, 1.82) is 5.26 Å². The third kappa shape index (κ3) is 5.92. The minimum Gasteiger partial charge on any atom is -0.508 e. The quantitative estimate of drug-likeness (QED) is 0.372. The molecule has 2 aromatic carbocycles. The Labute approximate surface area is 255 Å². The molecule has 1 saturated carbocycles. The number of carbonyl (C=O) groups excluding carboxylic acids is 3. The molecule has 2 N–H and O–H groups in total. The fourth-order valence-electron chi connectivity index (χ4n) is 5.92. The lowest BCUT2D eigenvalue weighted by atomic mass is 9.84. The monoisotopic (exact) mass is 625 g/mol. The molecule has 1 aromatic heterocycles. The van der Waals surface area contributed by atoms with Crippen LogP contribution in [0.25, 0.3) is 0 Å². The first-order valence-corrected chi connectivity index (χ1v) is 14.2. The average Bonchev–Trinajstić information content (AvgIpc) is 3.57. The zero-order valence-electron chi connectivity index (χ0n) is 23.3. The van der Waals surface area contributed by atoms with E-state index in [9.17, 15) is 32.7 Å². The van der Waals surface area contributed by atoms with E-state index >= 15 is 0 Å². The van der Waals surface area contributed by atoms with E-state index in [1.807, 2.05) is 6.07 Å². The molecule has 228 valence electrons. The maximum Gasteiger partial charge on any atom is 0.252 e. The van der Waals surface area contributed by atoms with E-state index in [4.69, 9.17) is 16.9 Å². The average molecular weight is 626 g/mol. The molecule has 1 saturated heterocycles. The molecular weight excluding hydrogens is 599 g/mol. The number of nitrogens with one attached hydrogen (secondary N) is 1. The Morgan fingerprint density at radius 3 is 2.61 bits per heavy atom. The number of halogens is 4. The zero-order valence-corrected chi connectivity index (χ0v) is 24.0. The van der Waals surface area contributed by atoms with Crippen LogP contribution in [0.5, 0.6) is 5.75 Å². The maximum atomic E-state index is 14.0. The highest BCUT2D eigenvalue weighted by molar-refractivity contribution is 6.32. The number of anilines is 2. The first-order chi connectivity index (χ1) is 21.0. The molecule has 13 heteroatoms. The van der Waals surface area contributed by atoms with Crippen LogP contribution >= 0.6 is 11.6 Å². The van der Waals surface area contributed by atoms with E-state index in [-0.39, 0.29) is 23.0 Å². The highest BCUT2D eigenvalue weighted by atomic mass is 35.5. The van der Waals surface area contributed by atoms with Gasteiger partial charge in [-0.15, -0.1) is 0 Å². The molecule has 1 unspecified atom stereocenters. The number of aromatic nitrogens is 1. The van der Waals surface area contributed by atoms with Crippen molar-refractivity contribution in [3.05, 3.63) is 82.3 Å². The topological polar surface area (TPSA) is 127 Å². The van der Waals surface area contributed by atoms with Crippen LogP contribution in [-0.2, 0) is 26.3 Å². The van der Waals surface area contributed by atoms with E-state index in [0.717, 1.165) is 35.1 Å². The summed E-state index contributed by atoms with van der Waals surface area (Å²) in [6, 6.07) is 12.6. The number of phenols is 1. The number of hydrogen-bond acceptors (Lipinski definition) is 6. The second kappa shape index (κ2) is 12.2. The van der Waals surface area contributed by atoms with E-state index < -0.39 is 47.8 Å². The fourth-order valence-corrected chi connectivity index (χ4v) is 6.27. The van der Waals surface area contributed by atoms with Crippen molar-refractivity contribution >= 4 is 41.3 Å². The van der Waals surface area contributed by atoms with E-state index in [1.165, 1.54) is 0 Å². The maximum absolute atomic E-state index is 14.0. The zero-order chi connectivity index (χ0) is 31.6. The number of nitriles is 1. The number of phenolic OH excluding ortho intramolecular Hbond substituents is 1. The fraction of sp³-hybridized carbons (Fsp3) is 0.323. The van der Waals surface area contributed by atoms with E-state index in [1.54, 1.807) is 41.4 Å². The third-order valence-corrected chi connectivity index (χ3v) is 8.27. The molecule has 2 fully saturated rings. The molecule has 2 aliphatic carbocycles. The number of aryl methyl sites for hydroxylation is 1. The van der Waals surface area contributed by atoms with Crippen molar-refractivity contribution in [2.75, 3.05) is 16.3 Å². The van der Waals surface area contributed by atoms with Crippen molar-refractivity contribution in [3.63, 3.8) is 0 Å². The van der Waals surface area contributed by atoms with Crippen molar-refractivity contribution in [3.8, 4) is 11.8 Å². The molecule has 3 aliphatic rings. The number of hydrogen-bond donors (Lipinski definition) is 2. The number of carbonyl (C=O) groups is 3. The van der Waals surface area contributed by atoms with Gasteiger partial charge in [0.25, 0.3) is 11.8 Å². The molecule has 6 rings (SSSR count). The number of fused-ring (bicyclic) bond motifs is 1. The van der Waals surface area contributed by atoms with Crippen LogP contribution < -0.4 is 15.1 Å². The van der Waals surface area contributed by atoms with Gasteiger partial charge < -0.3 is 10.4 Å². The third-order valence-electron chi connectivity index (χ3n) is 7.96. The highest BCUT2D eigenvalue weighted by Crippen LogP contribution is 2.48. The van der Waals surface area contributed by atoms with Crippen LogP contribution in [-0.4, -0.2) is 46.8 Å². The summed E-state index contributed by atoms with van der Waals surface area (Å²) in [7, 11) is 0. The lowest BCUT2D eigenvalue weighted by Crippen LogP contribution is -2.60. The number of amides is 3. The van der Waals surface area contributed by atoms with Gasteiger partial charge in [-0.25, -0.2) is 18.2 Å². The first-order valence-electron chi connectivity index (χ1n) is 13.8. The second-order valence-electron chi connectivity index (χ2n) is 10.9. The van der Waals surface area contributed by atoms with Crippen LogP contribution in [0.4, 0.5) is 24.7 Å². The Hall–Kier alpha value is -4.63. The van der Waals surface area contributed by atoms with Gasteiger partial charge in [-0.1, -0.05) is 23.7 Å². The number of rotatable bonds is 6. The molecule has 0 spiro atoms. The Balaban J connectivity index is 0.000000229. The van der Waals surface area contributed by atoms with Gasteiger partial charge in [0.1, 0.15) is 17.4 Å². The van der Waals surface area contributed by atoms with Crippen molar-refractivity contribution < 1.29 is 32.7 Å². The van der Waals surface area contributed by atoms with E-state index in [0.29, 0.717) is 42.7 Å². The summed E-state index contributed by atoms with van der Waals surface area (Å²) >= 11 is 6.41. The smallest absolute Gasteiger partial charge is 0.252 e. The summed E-state index contributed by atoms with van der Waals surface area (Å²) in [5.74, 6) is -4.06. The SMILES string of the molecule is N#Cc1ccnc(N2CCCC2=O)c1.O=CN(c1cc(O)cc(F)c1)C1(C(=O)NC2CC(F)(F)C2)CCc2cccc(Cl)c21. The van der Waals surface area contributed by atoms with Crippen LogP contribution in [0.2, 0.25) is 5.02 Å². The molecule has 0 radical (unpaired) electrons. The Kier molecular flexibility index (Phi) is 8.52. The minimum absolute atomic E-state index is 0.0515. The van der Waals surface area contributed by atoms with Gasteiger partial charge in [0.05, 0.1) is 17.3 Å². The molecule has 0 bridgehead atoms. The van der Waals surface area contributed by atoms with Crippen LogP contribution in [0.1, 0.15) is 48.8 Å². The molecule has 3 amide bonds. The van der Waals surface area contributed by atoms with Crippen molar-refractivity contribution in [1.82, 2.24) is 10.3 Å². The van der Waals surface area contributed by atoms with Gasteiger partial charge in [-0.05, 0) is 49.1 Å². The normalized spacial score (nSPS) is 20.1. The number of alkyl halides is 2. The van der Waals surface area contributed by atoms with Crippen LogP contribution in [0, 0.1) is 17.1 Å². The van der Waals surface area contributed by atoms with Gasteiger partial charge in [0.2, 0.25) is 12.3 Å². The standard InChI is InChI=1S/C21H18ClF3N2O3.C10H9N3O/c22-17-3-1-2-12-4-5-21(18(12)17,19(30)26-14-9-20(24,25)10-14)27(11-28)15-6-13(23)7-16(29)8-15;11-7-8-3-4-12-9(6-8)13-5-1-2-10(13)14/h1-3,6-8,11,14,29H,4-5,9-10H2,(H,26,30);3-4,6H,1-2,5H2. The first kappa shape index (κ1) is 30.8. The van der Waals surface area contributed by atoms with Gasteiger partial charge in [-0.2, -0.15) is 5.26 Å². The Morgan fingerprint density at radius 2 is 1.98 bits per heavy atom. The van der Waals surface area contributed by atoms with E-state index in [2.05, 4.69) is 10.3 Å². The summed E-state index contributed by atoms with van der Waals surface area (Å²) in [5.41, 5.74) is -0.0881. The summed E-state index contributed by atoms with van der Waals surface area (Å²) in [5, 5.41) is 21.3. The van der Waals surface area contributed by atoms with Gasteiger partial charge in [0.15, 0.2) is 5.54 Å². The van der Waals surface area contributed by atoms with Gasteiger partial charge in [0, 0.05) is 60.8 Å². The molecule has 2 heterocycles. The number of pyridine rings is 1. The number of benzene rings is 2. The summed E-state index contributed by atoms with van der Waals surface area (Å²) in [6.07, 6.45) is 2.90. The summed E-state index contributed by atoms with van der Waals surface area (Å²) in [6.45, 7) is 0.709. The minimum atomic E-state index is -2.84. The highest BCUT2D eigenvalue weighted by Gasteiger charge is 2.54. The molecule has 9 nitrogen and oxygen atoms in total. The molecule has 3 aromatic rings. The summed E-state index contributed by atoms with van der Waals surface area (Å²) < 4.78 is 40.5. The number of nitrogens with zero attached hydrogens (tertiary/aromatic N) is 4. The Morgan fingerprint density at radius 1 is 1.20 bits per heavy atom. The second-order valence-corrected chi connectivity index (χ2v) is 11.3. The van der Waals surface area contributed by atoms with Gasteiger partial charge in [-0.3, -0.25) is 24.2 Å². The summed E-state index contributed by atoms with van der Waals surface area (Å²) in [4.78, 5) is 43.8. The Bertz CT molecular complexity index is 1640.